The highest BCUT2D eigenvalue weighted by molar-refractivity contribution is 7.21. The molecule has 1 saturated carbocycles. The van der Waals surface area contributed by atoms with Crippen molar-refractivity contribution in [2.24, 2.45) is 0 Å². The standard InChI is InChI=1S/C19H19NO3S/c21-18(20-12-7-3-1-2-4-8-12)16-11-14-17(24-16)13-9-5-6-10-15(13)23-19(14)22/h5-6,9-12H,1-4,7-8H2,(H,20,21). The van der Waals surface area contributed by atoms with Gasteiger partial charge in [0.15, 0.2) is 0 Å². The molecule has 0 aliphatic heterocycles. The lowest BCUT2D eigenvalue weighted by molar-refractivity contribution is 0.0937. The highest BCUT2D eigenvalue weighted by Gasteiger charge is 2.19. The van der Waals surface area contributed by atoms with Gasteiger partial charge in [0.1, 0.15) is 5.58 Å². The molecule has 2 aromatic heterocycles. The van der Waals surface area contributed by atoms with Crippen LogP contribution in [0.5, 0.6) is 0 Å². The van der Waals surface area contributed by atoms with Gasteiger partial charge in [-0.05, 0) is 31.0 Å². The lowest BCUT2D eigenvalue weighted by Gasteiger charge is -2.15. The maximum atomic E-state index is 12.6. The quantitative estimate of drug-likeness (QED) is 0.553. The Morgan fingerprint density at radius 1 is 1.08 bits per heavy atom. The topological polar surface area (TPSA) is 59.3 Å². The molecule has 3 aromatic rings. The molecule has 0 bridgehead atoms. The van der Waals surface area contributed by atoms with E-state index in [1.54, 1.807) is 12.1 Å². The first-order valence-electron chi connectivity index (χ1n) is 8.48. The summed E-state index contributed by atoms with van der Waals surface area (Å²) in [7, 11) is 0. The molecule has 124 valence electrons. The van der Waals surface area contributed by atoms with Crippen molar-refractivity contribution >= 4 is 38.3 Å². The highest BCUT2D eigenvalue weighted by Crippen LogP contribution is 2.30. The zero-order valence-corrected chi connectivity index (χ0v) is 14.2. The van der Waals surface area contributed by atoms with Crippen LogP contribution < -0.4 is 10.9 Å². The van der Waals surface area contributed by atoms with Gasteiger partial charge in [-0.1, -0.05) is 37.8 Å². The van der Waals surface area contributed by atoms with Crippen LogP contribution in [0, 0.1) is 0 Å². The fourth-order valence-corrected chi connectivity index (χ4v) is 4.51. The molecule has 1 aliphatic carbocycles. The second kappa shape index (κ2) is 6.40. The molecule has 0 radical (unpaired) electrons. The minimum absolute atomic E-state index is 0.0772. The Kier molecular flexibility index (Phi) is 4.10. The van der Waals surface area contributed by atoms with E-state index < -0.39 is 0 Å². The molecule has 1 fully saturated rings. The Hall–Kier alpha value is -2.14. The maximum absolute atomic E-state index is 12.6. The molecule has 4 rings (SSSR count). The summed E-state index contributed by atoms with van der Waals surface area (Å²) < 4.78 is 6.18. The number of amides is 1. The van der Waals surface area contributed by atoms with E-state index >= 15 is 0 Å². The lowest BCUT2D eigenvalue weighted by Crippen LogP contribution is -2.33. The largest absolute Gasteiger partial charge is 0.422 e. The number of fused-ring (bicyclic) bond motifs is 3. The Labute approximate surface area is 143 Å². The Bertz CT molecular complexity index is 948. The predicted molar refractivity (Wildman–Crippen MR) is 96.8 cm³/mol. The van der Waals surface area contributed by atoms with Crippen LogP contribution in [0.1, 0.15) is 48.2 Å². The van der Waals surface area contributed by atoms with Crippen molar-refractivity contribution in [2.45, 2.75) is 44.6 Å². The number of hydrogen-bond donors (Lipinski definition) is 1. The van der Waals surface area contributed by atoms with Gasteiger partial charge in [-0.25, -0.2) is 4.79 Å². The molecule has 1 aromatic carbocycles. The average molecular weight is 341 g/mol. The summed E-state index contributed by atoms with van der Waals surface area (Å²) in [5.74, 6) is -0.0772. The smallest absolute Gasteiger partial charge is 0.345 e. The average Bonchev–Trinajstić information content (AvgIpc) is 2.89. The Balaban J connectivity index is 1.69. The van der Waals surface area contributed by atoms with Gasteiger partial charge in [-0.15, -0.1) is 11.3 Å². The van der Waals surface area contributed by atoms with Crippen LogP contribution in [0.4, 0.5) is 0 Å². The number of nitrogens with one attached hydrogen (secondary N) is 1. The van der Waals surface area contributed by atoms with Gasteiger partial charge in [0, 0.05) is 11.4 Å². The molecule has 24 heavy (non-hydrogen) atoms. The van der Waals surface area contributed by atoms with E-state index in [0.29, 0.717) is 15.8 Å². The second-order valence-electron chi connectivity index (χ2n) is 6.40. The first kappa shape index (κ1) is 15.4. The third kappa shape index (κ3) is 2.84. The van der Waals surface area contributed by atoms with E-state index in [9.17, 15) is 9.59 Å². The van der Waals surface area contributed by atoms with Crippen molar-refractivity contribution in [1.82, 2.24) is 5.32 Å². The molecule has 0 atom stereocenters. The number of benzene rings is 1. The molecule has 0 unspecified atom stereocenters. The molecule has 4 nitrogen and oxygen atoms in total. The van der Waals surface area contributed by atoms with Gasteiger partial charge < -0.3 is 9.73 Å². The lowest BCUT2D eigenvalue weighted by atomic mass is 10.1. The zero-order valence-electron chi connectivity index (χ0n) is 13.3. The third-order valence-electron chi connectivity index (χ3n) is 4.70. The molecule has 1 N–H and O–H groups in total. The summed E-state index contributed by atoms with van der Waals surface area (Å²) >= 11 is 1.37. The van der Waals surface area contributed by atoms with Gasteiger partial charge in [0.2, 0.25) is 0 Å². The summed E-state index contributed by atoms with van der Waals surface area (Å²) in [6.07, 6.45) is 6.94. The zero-order chi connectivity index (χ0) is 16.5. The second-order valence-corrected chi connectivity index (χ2v) is 7.45. The molecule has 0 spiro atoms. The summed E-state index contributed by atoms with van der Waals surface area (Å²) in [5.41, 5.74) is 0.182. The van der Waals surface area contributed by atoms with Crippen LogP contribution >= 0.6 is 11.3 Å². The number of para-hydroxylation sites is 1. The van der Waals surface area contributed by atoms with Crippen LogP contribution in [0.25, 0.3) is 21.1 Å². The van der Waals surface area contributed by atoms with Crippen molar-refractivity contribution in [3.8, 4) is 0 Å². The van der Waals surface area contributed by atoms with E-state index in [0.717, 1.165) is 22.9 Å². The fraction of sp³-hybridized carbons (Fsp3) is 0.368. The van der Waals surface area contributed by atoms with Gasteiger partial charge >= 0.3 is 5.63 Å². The van der Waals surface area contributed by atoms with E-state index in [-0.39, 0.29) is 17.6 Å². The summed E-state index contributed by atoms with van der Waals surface area (Å²) in [5, 5.41) is 4.51. The first-order chi connectivity index (χ1) is 11.7. The summed E-state index contributed by atoms with van der Waals surface area (Å²) in [6.45, 7) is 0. The number of thiophene rings is 1. The number of rotatable bonds is 2. The highest BCUT2D eigenvalue weighted by atomic mass is 32.1. The van der Waals surface area contributed by atoms with Crippen molar-refractivity contribution in [1.29, 1.82) is 0 Å². The van der Waals surface area contributed by atoms with Crippen molar-refractivity contribution < 1.29 is 9.21 Å². The van der Waals surface area contributed by atoms with E-state index in [1.165, 1.54) is 37.0 Å². The minimum Gasteiger partial charge on any atom is -0.422 e. The van der Waals surface area contributed by atoms with Gasteiger partial charge in [-0.2, -0.15) is 0 Å². The SMILES string of the molecule is O=C(NC1CCCCCC1)c1cc2c(=O)oc3ccccc3c2s1. The predicted octanol–water partition coefficient (Wildman–Crippen LogP) is 4.46. The third-order valence-corrected chi connectivity index (χ3v) is 5.87. The van der Waals surface area contributed by atoms with Gasteiger partial charge in [0.05, 0.1) is 15.0 Å². The normalized spacial score (nSPS) is 16.3. The number of carbonyl (C=O) groups is 1. The maximum Gasteiger partial charge on any atom is 0.345 e. The fourth-order valence-electron chi connectivity index (χ4n) is 3.43. The van der Waals surface area contributed by atoms with Crippen molar-refractivity contribution in [2.75, 3.05) is 0 Å². The Morgan fingerprint density at radius 2 is 1.83 bits per heavy atom. The summed E-state index contributed by atoms with van der Waals surface area (Å²) in [6, 6.07) is 9.37. The molecular formula is C19H19NO3S. The van der Waals surface area contributed by atoms with E-state index in [4.69, 9.17) is 4.42 Å². The Morgan fingerprint density at radius 3 is 2.62 bits per heavy atom. The molecule has 1 aliphatic rings. The van der Waals surface area contributed by atoms with Crippen LogP contribution in [0.3, 0.4) is 0 Å². The van der Waals surface area contributed by atoms with Crippen molar-refractivity contribution in [3.63, 3.8) is 0 Å². The van der Waals surface area contributed by atoms with Gasteiger partial charge in [0.25, 0.3) is 5.91 Å². The molecule has 2 heterocycles. The van der Waals surface area contributed by atoms with Crippen LogP contribution in [-0.4, -0.2) is 11.9 Å². The molecular weight excluding hydrogens is 322 g/mol. The van der Waals surface area contributed by atoms with E-state index in [2.05, 4.69) is 5.32 Å². The first-order valence-corrected chi connectivity index (χ1v) is 9.30. The summed E-state index contributed by atoms with van der Waals surface area (Å²) in [4.78, 5) is 25.4. The molecule has 1 amide bonds. The minimum atomic E-state index is -0.381. The van der Waals surface area contributed by atoms with Gasteiger partial charge in [-0.3, -0.25) is 4.79 Å². The van der Waals surface area contributed by atoms with Crippen molar-refractivity contribution in [3.05, 3.63) is 45.6 Å². The monoisotopic (exact) mass is 341 g/mol. The van der Waals surface area contributed by atoms with Crippen LogP contribution in [0.15, 0.2) is 39.5 Å². The number of hydrogen-bond acceptors (Lipinski definition) is 4. The number of carbonyl (C=O) groups excluding carboxylic acids is 1. The van der Waals surface area contributed by atoms with Crippen LogP contribution in [-0.2, 0) is 0 Å². The van der Waals surface area contributed by atoms with E-state index in [1.807, 2.05) is 18.2 Å². The molecule has 0 saturated heterocycles. The van der Waals surface area contributed by atoms with Crippen LogP contribution in [0.2, 0.25) is 0 Å². The molecule has 5 heteroatoms.